The molecule has 128 valence electrons. The molecule has 4 heteroatoms. The van der Waals surface area contributed by atoms with E-state index < -0.39 is 0 Å². The van der Waals surface area contributed by atoms with Crippen molar-refractivity contribution in [2.75, 3.05) is 19.6 Å². The molecule has 2 N–H and O–H groups in total. The van der Waals surface area contributed by atoms with E-state index in [9.17, 15) is 4.39 Å². The highest BCUT2D eigenvalue weighted by molar-refractivity contribution is 5.36. The minimum absolute atomic E-state index is 0.190. The SMILES string of the molecule is NCC(c1ccccc1OCc1ccc(F)cc1)N1CCCCC1. The van der Waals surface area contributed by atoms with Crippen molar-refractivity contribution in [1.29, 1.82) is 0 Å². The van der Waals surface area contributed by atoms with Gasteiger partial charge in [0.05, 0.1) is 6.04 Å². The zero-order valence-electron chi connectivity index (χ0n) is 14.0. The van der Waals surface area contributed by atoms with Crippen LogP contribution in [0, 0.1) is 5.82 Å². The normalized spacial score (nSPS) is 16.8. The van der Waals surface area contributed by atoms with Crippen molar-refractivity contribution in [2.24, 2.45) is 5.73 Å². The Morgan fingerprint density at radius 3 is 2.42 bits per heavy atom. The van der Waals surface area contributed by atoms with Crippen LogP contribution in [0.25, 0.3) is 0 Å². The molecule has 0 spiro atoms. The molecule has 1 heterocycles. The van der Waals surface area contributed by atoms with Gasteiger partial charge >= 0.3 is 0 Å². The molecular formula is C20H25FN2O. The van der Waals surface area contributed by atoms with Crippen LogP contribution in [0.15, 0.2) is 48.5 Å². The van der Waals surface area contributed by atoms with Crippen molar-refractivity contribution in [1.82, 2.24) is 4.90 Å². The third-order valence-corrected chi connectivity index (χ3v) is 4.64. The maximum absolute atomic E-state index is 13.0. The van der Waals surface area contributed by atoms with Gasteiger partial charge in [-0.2, -0.15) is 0 Å². The largest absolute Gasteiger partial charge is 0.489 e. The molecular weight excluding hydrogens is 303 g/mol. The van der Waals surface area contributed by atoms with E-state index in [2.05, 4.69) is 11.0 Å². The molecule has 0 bridgehead atoms. The molecule has 0 aromatic heterocycles. The number of likely N-dealkylation sites (tertiary alicyclic amines) is 1. The Hall–Kier alpha value is -1.91. The number of benzene rings is 2. The standard InChI is InChI=1S/C20H25FN2O/c21-17-10-8-16(9-11-17)15-24-20-7-3-2-6-18(20)19(14-22)23-12-4-1-5-13-23/h2-3,6-11,19H,1,4-5,12-15,22H2. The number of piperidine rings is 1. The lowest BCUT2D eigenvalue weighted by atomic mass is 10.0. The maximum Gasteiger partial charge on any atom is 0.124 e. The molecule has 3 nitrogen and oxygen atoms in total. The van der Waals surface area contributed by atoms with E-state index in [4.69, 9.17) is 10.5 Å². The summed E-state index contributed by atoms with van der Waals surface area (Å²) in [5.41, 5.74) is 8.18. The smallest absolute Gasteiger partial charge is 0.124 e. The van der Waals surface area contributed by atoms with E-state index in [-0.39, 0.29) is 11.9 Å². The monoisotopic (exact) mass is 328 g/mol. The van der Waals surface area contributed by atoms with Crippen molar-refractivity contribution in [3.8, 4) is 5.75 Å². The predicted octanol–water partition coefficient (Wildman–Crippen LogP) is 3.89. The molecule has 1 saturated heterocycles. The molecule has 2 aromatic carbocycles. The predicted molar refractivity (Wildman–Crippen MR) is 94.4 cm³/mol. The summed E-state index contributed by atoms with van der Waals surface area (Å²) in [5, 5.41) is 0. The van der Waals surface area contributed by atoms with Gasteiger partial charge < -0.3 is 10.5 Å². The molecule has 1 aliphatic heterocycles. The van der Waals surface area contributed by atoms with Gasteiger partial charge in [0.1, 0.15) is 18.2 Å². The Labute approximate surface area is 143 Å². The minimum Gasteiger partial charge on any atom is -0.489 e. The fourth-order valence-corrected chi connectivity index (χ4v) is 3.33. The van der Waals surface area contributed by atoms with E-state index in [1.54, 1.807) is 12.1 Å². The van der Waals surface area contributed by atoms with E-state index in [0.29, 0.717) is 13.2 Å². The van der Waals surface area contributed by atoms with Gasteiger partial charge in [-0.15, -0.1) is 0 Å². The fraction of sp³-hybridized carbons (Fsp3) is 0.400. The molecule has 1 atom stereocenters. The lowest BCUT2D eigenvalue weighted by molar-refractivity contribution is 0.163. The van der Waals surface area contributed by atoms with Crippen molar-refractivity contribution in [2.45, 2.75) is 31.9 Å². The van der Waals surface area contributed by atoms with Gasteiger partial charge in [-0.05, 0) is 49.7 Å². The fourth-order valence-electron chi connectivity index (χ4n) is 3.33. The summed E-state index contributed by atoms with van der Waals surface area (Å²) < 4.78 is 19.0. The average Bonchev–Trinajstić information content (AvgIpc) is 2.64. The van der Waals surface area contributed by atoms with Gasteiger partial charge in [0.15, 0.2) is 0 Å². The van der Waals surface area contributed by atoms with E-state index in [1.807, 2.05) is 18.2 Å². The first-order valence-corrected chi connectivity index (χ1v) is 8.68. The van der Waals surface area contributed by atoms with Gasteiger partial charge in [-0.25, -0.2) is 4.39 Å². The number of nitrogens with two attached hydrogens (primary N) is 1. The van der Waals surface area contributed by atoms with E-state index in [0.717, 1.165) is 30.0 Å². The second kappa shape index (κ2) is 8.27. The second-order valence-corrected chi connectivity index (χ2v) is 6.30. The highest BCUT2D eigenvalue weighted by Crippen LogP contribution is 2.31. The molecule has 0 amide bonds. The van der Waals surface area contributed by atoms with Crippen molar-refractivity contribution in [3.05, 3.63) is 65.5 Å². The lowest BCUT2D eigenvalue weighted by Gasteiger charge is -2.34. The minimum atomic E-state index is -0.229. The van der Waals surface area contributed by atoms with Crippen molar-refractivity contribution < 1.29 is 9.13 Å². The van der Waals surface area contributed by atoms with Gasteiger partial charge in [0.25, 0.3) is 0 Å². The summed E-state index contributed by atoms with van der Waals surface area (Å²) in [6, 6.07) is 14.7. The molecule has 24 heavy (non-hydrogen) atoms. The quantitative estimate of drug-likeness (QED) is 0.874. The molecule has 2 aromatic rings. The summed E-state index contributed by atoms with van der Waals surface area (Å²) in [7, 11) is 0. The number of rotatable bonds is 6. The van der Waals surface area contributed by atoms with Crippen LogP contribution in [0.5, 0.6) is 5.75 Å². The Kier molecular flexibility index (Phi) is 5.83. The molecule has 1 aliphatic rings. The number of hydrogen-bond acceptors (Lipinski definition) is 3. The summed E-state index contributed by atoms with van der Waals surface area (Å²) in [4.78, 5) is 2.46. The van der Waals surface area contributed by atoms with Crippen LogP contribution in [0.2, 0.25) is 0 Å². The number of ether oxygens (including phenoxy) is 1. The van der Waals surface area contributed by atoms with Crippen LogP contribution in [0.4, 0.5) is 4.39 Å². The summed E-state index contributed by atoms with van der Waals surface area (Å²) >= 11 is 0. The van der Waals surface area contributed by atoms with Crippen LogP contribution in [-0.4, -0.2) is 24.5 Å². The van der Waals surface area contributed by atoms with Crippen LogP contribution < -0.4 is 10.5 Å². The zero-order chi connectivity index (χ0) is 16.8. The first kappa shape index (κ1) is 16.9. The second-order valence-electron chi connectivity index (χ2n) is 6.30. The molecule has 1 unspecified atom stereocenters. The van der Waals surface area contributed by atoms with E-state index in [1.165, 1.54) is 31.4 Å². The first-order valence-electron chi connectivity index (χ1n) is 8.68. The van der Waals surface area contributed by atoms with Gasteiger partial charge in [-0.1, -0.05) is 36.8 Å². The lowest BCUT2D eigenvalue weighted by Crippen LogP contribution is -2.37. The van der Waals surface area contributed by atoms with Gasteiger partial charge in [0, 0.05) is 12.1 Å². The Morgan fingerprint density at radius 2 is 1.71 bits per heavy atom. The Balaban J connectivity index is 1.74. The highest BCUT2D eigenvalue weighted by Gasteiger charge is 2.23. The highest BCUT2D eigenvalue weighted by atomic mass is 19.1. The van der Waals surface area contributed by atoms with Crippen molar-refractivity contribution in [3.63, 3.8) is 0 Å². The topological polar surface area (TPSA) is 38.5 Å². The number of halogens is 1. The molecule has 0 radical (unpaired) electrons. The Bertz CT molecular complexity index is 638. The number of para-hydroxylation sites is 1. The van der Waals surface area contributed by atoms with Crippen LogP contribution in [0.1, 0.15) is 36.4 Å². The first-order chi connectivity index (χ1) is 11.8. The summed E-state index contributed by atoms with van der Waals surface area (Å²) in [5.74, 6) is 0.635. The van der Waals surface area contributed by atoms with Crippen LogP contribution in [-0.2, 0) is 6.61 Å². The average molecular weight is 328 g/mol. The third-order valence-electron chi connectivity index (χ3n) is 4.64. The van der Waals surface area contributed by atoms with Gasteiger partial charge in [0.2, 0.25) is 0 Å². The zero-order valence-corrected chi connectivity index (χ0v) is 14.0. The van der Waals surface area contributed by atoms with Crippen LogP contribution >= 0.6 is 0 Å². The van der Waals surface area contributed by atoms with E-state index >= 15 is 0 Å². The molecule has 0 saturated carbocycles. The maximum atomic E-state index is 13.0. The number of nitrogens with zero attached hydrogens (tertiary/aromatic N) is 1. The summed E-state index contributed by atoms with van der Waals surface area (Å²) in [6.07, 6.45) is 3.76. The summed E-state index contributed by atoms with van der Waals surface area (Å²) in [6.45, 7) is 3.19. The molecule has 1 fully saturated rings. The Morgan fingerprint density at radius 1 is 1.00 bits per heavy atom. The van der Waals surface area contributed by atoms with Crippen molar-refractivity contribution >= 4 is 0 Å². The third kappa shape index (κ3) is 4.13. The van der Waals surface area contributed by atoms with Gasteiger partial charge in [-0.3, -0.25) is 4.90 Å². The van der Waals surface area contributed by atoms with Crippen LogP contribution in [0.3, 0.4) is 0 Å². The number of hydrogen-bond donors (Lipinski definition) is 1. The molecule has 3 rings (SSSR count). The molecule has 0 aliphatic carbocycles.